The molecule has 0 aliphatic carbocycles. The van der Waals surface area contributed by atoms with E-state index in [0.29, 0.717) is 16.3 Å². The zero-order valence-electron chi connectivity index (χ0n) is 16.3. The van der Waals surface area contributed by atoms with Crippen molar-refractivity contribution in [3.05, 3.63) is 58.6 Å². The molecular formula is C21H23ClN2O5. The number of aryl methyl sites for hydroxylation is 1. The second-order valence-corrected chi connectivity index (χ2v) is 6.86. The van der Waals surface area contributed by atoms with Crippen LogP contribution < -0.4 is 5.32 Å². The molecular weight excluding hydrogens is 396 g/mol. The van der Waals surface area contributed by atoms with Crippen LogP contribution in [-0.4, -0.2) is 47.5 Å². The molecule has 0 radical (unpaired) electrons. The molecule has 0 heterocycles. The molecule has 0 saturated heterocycles. The number of likely N-dealkylation sites (N-methyl/N-ethyl adjacent to an activating group) is 1. The summed E-state index contributed by atoms with van der Waals surface area (Å²) in [5, 5.41) is 12.5. The minimum absolute atomic E-state index is 0.0196. The molecule has 2 amide bonds. The third-order valence-corrected chi connectivity index (χ3v) is 4.42. The predicted molar refractivity (Wildman–Crippen MR) is 110 cm³/mol. The summed E-state index contributed by atoms with van der Waals surface area (Å²) in [6.07, 6.45) is -0.0196. The number of nitrogens with zero attached hydrogens (tertiary/aromatic N) is 1. The maximum atomic E-state index is 12.3. The molecule has 2 aromatic rings. The van der Waals surface area contributed by atoms with Gasteiger partial charge in [0.05, 0.1) is 13.0 Å². The Bertz CT molecular complexity index is 883. The number of amides is 2. The average molecular weight is 419 g/mol. The Morgan fingerprint density at radius 1 is 1.14 bits per heavy atom. The fraction of sp³-hybridized carbons (Fsp3) is 0.286. The summed E-state index contributed by atoms with van der Waals surface area (Å²) in [5.41, 5.74) is 2.08. The van der Waals surface area contributed by atoms with E-state index in [9.17, 15) is 19.5 Å². The van der Waals surface area contributed by atoms with Gasteiger partial charge in [0.2, 0.25) is 5.91 Å². The molecule has 0 aliphatic heterocycles. The van der Waals surface area contributed by atoms with Gasteiger partial charge in [-0.15, -0.1) is 0 Å². The Kier molecular flexibility index (Phi) is 8.03. The van der Waals surface area contributed by atoms with Crippen LogP contribution in [0, 0.1) is 6.92 Å². The van der Waals surface area contributed by atoms with Gasteiger partial charge in [-0.3, -0.25) is 14.4 Å². The number of nitrogens with one attached hydrogen (secondary N) is 1. The fourth-order valence-electron chi connectivity index (χ4n) is 2.53. The quantitative estimate of drug-likeness (QED) is 0.642. The largest absolute Gasteiger partial charge is 0.508 e. The summed E-state index contributed by atoms with van der Waals surface area (Å²) in [4.78, 5) is 37.8. The lowest BCUT2D eigenvalue weighted by molar-refractivity contribution is -0.151. The van der Waals surface area contributed by atoms with Crippen LogP contribution in [0.5, 0.6) is 5.75 Å². The Morgan fingerprint density at radius 2 is 1.83 bits per heavy atom. The number of halogens is 1. The zero-order chi connectivity index (χ0) is 21.4. The molecule has 0 spiro atoms. The molecule has 0 unspecified atom stereocenters. The van der Waals surface area contributed by atoms with E-state index in [1.807, 2.05) is 6.92 Å². The molecule has 154 valence electrons. The van der Waals surface area contributed by atoms with Gasteiger partial charge in [0, 0.05) is 17.3 Å². The van der Waals surface area contributed by atoms with Crippen molar-refractivity contribution in [3.8, 4) is 5.75 Å². The number of hydrogen-bond acceptors (Lipinski definition) is 5. The second-order valence-electron chi connectivity index (χ2n) is 6.42. The van der Waals surface area contributed by atoms with Crippen molar-refractivity contribution in [1.82, 2.24) is 4.90 Å². The standard InChI is InChI=1S/C21H23ClN2O5/c1-3-24(12-19(26)23-18-11-16(22)7-4-14(18)2)20(27)13-29-21(28)10-15-5-8-17(25)9-6-15/h4-9,11,25H,3,10,12-13H2,1-2H3,(H,23,26). The first-order chi connectivity index (χ1) is 13.8. The number of phenolic OH excluding ortho intramolecular Hbond substituents is 1. The smallest absolute Gasteiger partial charge is 0.310 e. The molecule has 2 aromatic carbocycles. The summed E-state index contributed by atoms with van der Waals surface area (Å²) in [6.45, 7) is 3.23. The third-order valence-electron chi connectivity index (χ3n) is 4.18. The van der Waals surface area contributed by atoms with Crippen molar-refractivity contribution >= 4 is 35.1 Å². The molecule has 0 saturated carbocycles. The number of anilines is 1. The molecule has 0 aromatic heterocycles. The number of aromatic hydroxyl groups is 1. The number of carbonyl (C=O) groups excluding carboxylic acids is 3. The minimum Gasteiger partial charge on any atom is -0.508 e. The zero-order valence-corrected chi connectivity index (χ0v) is 17.0. The van der Waals surface area contributed by atoms with Gasteiger partial charge in [-0.1, -0.05) is 29.8 Å². The van der Waals surface area contributed by atoms with E-state index >= 15 is 0 Å². The molecule has 2 N–H and O–H groups in total. The highest BCUT2D eigenvalue weighted by Gasteiger charge is 2.18. The van der Waals surface area contributed by atoms with Gasteiger partial charge in [-0.2, -0.15) is 0 Å². The Hall–Kier alpha value is -3.06. The molecule has 0 fully saturated rings. The summed E-state index contributed by atoms with van der Waals surface area (Å²) >= 11 is 5.94. The lowest BCUT2D eigenvalue weighted by Gasteiger charge is -2.20. The van der Waals surface area contributed by atoms with Gasteiger partial charge >= 0.3 is 5.97 Å². The van der Waals surface area contributed by atoms with Crippen molar-refractivity contribution in [1.29, 1.82) is 0 Å². The van der Waals surface area contributed by atoms with Crippen LogP contribution in [0.15, 0.2) is 42.5 Å². The Labute approximate surface area is 174 Å². The molecule has 0 atom stereocenters. The van der Waals surface area contributed by atoms with Crippen molar-refractivity contribution < 1.29 is 24.2 Å². The molecule has 2 rings (SSSR count). The van der Waals surface area contributed by atoms with Crippen molar-refractivity contribution in [2.24, 2.45) is 0 Å². The van der Waals surface area contributed by atoms with Crippen LogP contribution in [-0.2, 0) is 25.5 Å². The van der Waals surface area contributed by atoms with Crippen molar-refractivity contribution in [3.63, 3.8) is 0 Å². The average Bonchev–Trinajstić information content (AvgIpc) is 2.69. The van der Waals surface area contributed by atoms with Gasteiger partial charge in [-0.05, 0) is 49.2 Å². The topological polar surface area (TPSA) is 95.9 Å². The molecule has 8 heteroatoms. The van der Waals surface area contributed by atoms with E-state index in [2.05, 4.69) is 5.32 Å². The summed E-state index contributed by atoms with van der Waals surface area (Å²) in [6, 6.07) is 11.3. The number of rotatable bonds is 8. The number of carbonyl (C=O) groups is 3. The van der Waals surface area contributed by atoms with E-state index < -0.39 is 18.5 Å². The highest BCUT2D eigenvalue weighted by Crippen LogP contribution is 2.20. The van der Waals surface area contributed by atoms with Crippen LogP contribution in [0.1, 0.15) is 18.1 Å². The van der Waals surface area contributed by atoms with Crippen LogP contribution in [0.2, 0.25) is 5.02 Å². The SMILES string of the molecule is CCN(CC(=O)Nc1cc(Cl)ccc1C)C(=O)COC(=O)Cc1ccc(O)cc1. The van der Waals surface area contributed by atoms with Gasteiger partial charge in [-0.25, -0.2) is 0 Å². The Morgan fingerprint density at radius 3 is 2.48 bits per heavy atom. The fourth-order valence-corrected chi connectivity index (χ4v) is 2.71. The summed E-state index contributed by atoms with van der Waals surface area (Å²) in [5.74, 6) is -1.31. The van der Waals surface area contributed by atoms with E-state index in [0.717, 1.165) is 5.56 Å². The number of hydrogen-bond donors (Lipinski definition) is 2. The Balaban J connectivity index is 1.84. The van der Waals surface area contributed by atoms with E-state index in [-0.39, 0.29) is 31.2 Å². The van der Waals surface area contributed by atoms with Gasteiger partial charge in [0.15, 0.2) is 6.61 Å². The van der Waals surface area contributed by atoms with Crippen molar-refractivity contribution in [2.45, 2.75) is 20.3 Å². The maximum absolute atomic E-state index is 12.3. The van der Waals surface area contributed by atoms with Gasteiger partial charge in [0.25, 0.3) is 5.91 Å². The number of phenols is 1. The van der Waals surface area contributed by atoms with E-state index in [4.69, 9.17) is 16.3 Å². The number of ether oxygens (including phenoxy) is 1. The number of benzene rings is 2. The van der Waals surface area contributed by atoms with Crippen LogP contribution >= 0.6 is 11.6 Å². The van der Waals surface area contributed by atoms with Gasteiger partial charge < -0.3 is 20.1 Å². The predicted octanol–water partition coefficient (Wildman–Crippen LogP) is 2.93. The first-order valence-electron chi connectivity index (χ1n) is 9.05. The highest BCUT2D eigenvalue weighted by molar-refractivity contribution is 6.31. The lowest BCUT2D eigenvalue weighted by Crippen LogP contribution is -2.40. The second kappa shape index (κ2) is 10.5. The molecule has 7 nitrogen and oxygen atoms in total. The van der Waals surface area contributed by atoms with Gasteiger partial charge in [0.1, 0.15) is 5.75 Å². The normalized spacial score (nSPS) is 10.3. The van der Waals surface area contributed by atoms with Crippen molar-refractivity contribution in [2.75, 3.05) is 25.0 Å². The lowest BCUT2D eigenvalue weighted by atomic mass is 10.1. The maximum Gasteiger partial charge on any atom is 0.310 e. The van der Waals surface area contributed by atoms with E-state index in [1.54, 1.807) is 37.3 Å². The molecule has 0 bridgehead atoms. The van der Waals surface area contributed by atoms with E-state index in [1.165, 1.54) is 17.0 Å². The van der Waals surface area contributed by atoms with Crippen LogP contribution in [0.3, 0.4) is 0 Å². The minimum atomic E-state index is -0.570. The molecule has 0 aliphatic rings. The van der Waals surface area contributed by atoms with Crippen LogP contribution in [0.4, 0.5) is 5.69 Å². The third kappa shape index (κ3) is 7.12. The number of esters is 1. The van der Waals surface area contributed by atoms with Crippen LogP contribution in [0.25, 0.3) is 0 Å². The first kappa shape index (κ1) is 22.2. The first-order valence-corrected chi connectivity index (χ1v) is 9.43. The molecule has 29 heavy (non-hydrogen) atoms. The summed E-state index contributed by atoms with van der Waals surface area (Å²) in [7, 11) is 0. The highest BCUT2D eigenvalue weighted by atomic mass is 35.5. The monoisotopic (exact) mass is 418 g/mol. The summed E-state index contributed by atoms with van der Waals surface area (Å²) < 4.78 is 5.01.